The van der Waals surface area contributed by atoms with Gasteiger partial charge in [0.2, 0.25) is 0 Å². The van der Waals surface area contributed by atoms with Crippen LogP contribution >= 0.6 is 11.6 Å². The number of nitrogens with one attached hydrogen (secondary N) is 1. The minimum atomic E-state index is 0.729. The molecule has 0 saturated carbocycles. The molecule has 2 aromatic rings. The maximum absolute atomic E-state index is 6.05. The van der Waals surface area contributed by atoms with Crippen molar-refractivity contribution < 1.29 is 4.42 Å². The predicted octanol–water partition coefficient (Wildman–Crippen LogP) is 4.16. The maximum Gasteiger partial charge on any atom is 0.106 e. The van der Waals surface area contributed by atoms with Crippen LogP contribution in [0.5, 0.6) is 0 Å². The predicted molar refractivity (Wildman–Crippen MR) is 67.0 cm³/mol. The highest BCUT2D eigenvalue weighted by Crippen LogP contribution is 2.22. The molecule has 2 rings (SSSR count). The van der Waals surface area contributed by atoms with E-state index in [0.717, 1.165) is 34.3 Å². The molecular formula is C13H14ClNO. The Kier molecular flexibility index (Phi) is 3.20. The molecule has 1 heterocycles. The third-order valence-electron chi connectivity index (χ3n) is 2.49. The van der Waals surface area contributed by atoms with Gasteiger partial charge in [0.05, 0.1) is 10.7 Å². The largest absolute Gasteiger partial charge is 0.466 e. The zero-order valence-electron chi connectivity index (χ0n) is 9.38. The topological polar surface area (TPSA) is 25.2 Å². The number of hydrogen-bond acceptors (Lipinski definition) is 2. The molecule has 0 unspecified atom stereocenters. The van der Waals surface area contributed by atoms with Crippen molar-refractivity contribution in [1.82, 2.24) is 0 Å². The molecule has 0 atom stereocenters. The van der Waals surface area contributed by atoms with Crippen LogP contribution in [0.3, 0.4) is 0 Å². The van der Waals surface area contributed by atoms with Crippen LogP contribution in [0.1, 0.15) is 17.1 Å². The molecule has 84 valence electrons. The lowest BCUT2D eigenvalue weighted by Crippen LogP contribution is -1.99. The SMILES string of the molecule is Cc1cc(CNc2ccccc2Cl)c(C)o1. The lowest BCUT2D eigenvalue weighted by molar-refractivity contribution is 0.501. The Hall–Kier alpha value is -1.41. The summed E-state index contributed by atoms with van der Waals surface area (Å²) in [5, 5.41) is 4.03. The number of furan rings is 1. The van der Waals surface area contributed by atoms with E-state index in [1.54, 1.807) is 0 Å². The van der Waals surface area contributed by atoms with Crippen LogP contribution < -0.4 is 5.32 Å². The maximum atomic E-state index is 6.05. The fraction of sp³-hybridized carbons (Fsp3) is 0.231. The van der Waals surface area contributed by atoms with Crippen LogP contribution in [-0.4, -0.2) is 0 Å². The minimum Gasteiger partial charge on any atom is -0.466 e. The lowest BCUT2D eigenvalue weighted by Gasteiger charge is -2.06. The Bertz CT molecular complexity index is 490. The van der Waals surface area contributed by atoms with Crippen LogP contribution in [0, 0.1) is 13.8 Å². The quantitative estimate of drug-likeness (QED) is 0.864. The van der Waals surface area contributed by atoms with Gasteiger partial charge in [-0.1, -0.05) is 23.7 Å². The van der Waals surface area contributed by atoms with Gasteiger partial charge in [-0.2, -0.15) is 0 Å². The number of aryl methyl sites for hydroxylation is 2. The molecule has 0 amide bonds. The van der Waals surface area contributed by atoms with Gasteiger partial charge in [-0.15, -0.1) is 0 Å². The van der Waals surface area contributed by atoms with E-state index in [1.807, 2.05) is 44.2 Å². The van der Waals surface area contributed by atoms with Gasteiger partial charge >= 0.3 is 0 Å². The Balaban J connectivity index is 2.08. The van der Waals surface area contributed by atoms with E-state index in [4.69, 9.17) is 16.0 Å². The average Bonchev–Trinajstić information content (AvgIpc) is 2.56. The van der Waals surface area contributed by atoms with Gasteiger partial charge in [0.25, 0.3) is 0 Å². The Morgan fingerprint density at radius 1 is 1.25 bits per heavy atom. The third kappa shape index (κ3) is 2.39. The first-order valence-corrected chi connectivity index (χ1v) is 5.59. The van der Waals surface area contributed by atoms with Crippen molar-refractivity contribution in [3.63, 3.8) is 0 Å². The molecule has 0 aliphatic rings. The molecule has 0 spiro atoms. The van der Waals surface area contributed by atoms with Crippen molar-refractivity contribution in [2.24, 2.45) is 0 Å². The highest BCUT2D eigenvalue weighted by Gasteiger charge is 2.05. The van der Waals surface area contributed by atoms with Gasteiger partial charge in [-0.3, -0.25) is 0 Å². The van der Waals surface area contributed by atoms with Crippen LogP contribution in [-0.2, 0) is 6.54 Å². The zero-order chi connectivity index (χ0) is 11.5. The number of para-hydroxylation sites is 1. The highest BCUT2D eigenvalue weighted by molar-refractivity contribution is 6.33. The minimum absolute atomic E-state index is 0.729. The van der Waals surface area contributed by atoms with E-state index < -0.39 is 0 Å². The molecule has 0 saturated heterocycles. The standard InChI is InChI=1S/C13H14ClNO/c1-9-7-11(10(2)16-9)8-15-13-6-4-3-5-12(13)14/h3-7,15H,8H2,1-2H3. The Morgan fingerprint density at radius 2 is 2.00 bits per heavy atom. The van der Waals surface area contributed by atoms with E-state index in [-0.39, 0.29) is 0 Å². The summed E-state index contributed by atoms with van der Waals surface area (Å²) in [5.41, 5.74) is 2.11. The molecule has 1 aromatic heterocycles. The van der Waals surface area contributed by atoms with Gasteiger partial charge in [0.1, 0.15) is 11.5 Å². The van der Waals surface area contributed by atoms with E-state index in [0.29, 0.717) is 0 Å². The van der Waals surface area contributed by atoms with Crippen molar-refractivity contribution in [3.05, 3.63) is 52.4 Å². The molecule has 0 bridgehead atoms. The average molecular weight is 236 g/mol. The second-order valence-electron chi connectivity index (χ2n) is 3.77. The summed E-state index contributed by atoms with van der Waals surface area (Å²) in [6.45, 7) is 4.65. The first-order valence-electron chi connectivity index (χ1n) is 5.21. The van der Waals surface area contributed by atoms with Crippen molar-refractivity contribution in [1.29, 1.82) is 0 Å². The highest BCUT2D eigenvalue weighted by atomic mass is 35.5. The number of hydrogen-bond donors (Lipinski definition) is 1. The third-order valence-corrected chi connectivity index (χ3v) is 2.82. The van der Waals surface area contributed by atoms with Gasteiger partial charge in [0.15, 0.2) is 0 Å². The molecule has 0 aliphatic heterocycles. The normalized spacial score (nSPS) is 10.4. The van der Waals surface area contributed by atoms with Gasteiger partial charge in [0, 0.05) is 12.1 Å². The van der Waals surface area contributed by atoms with Crippen LogP contribution in [0.2, 0.25) is 5.02 Å². The summed E-state index contributed by atoms with van der Waals surface area (Å²) in [7, 11) is 0. The van der Waals surface area contributed by atoms with Crippen molar-refractivity contribution in [2.45, 2.75) is 20.4 Å². The first-order chi connectivity index (χ1) is 7.66. The van der Waals surface area contributed by atoms with E-state index in [2.05, 4.69) is 5.32 Å². The number of anilines is 1. The van der Waals surface area contributed by atoms with Crippen LogP contribution in [0.25, 0.3) is 0 Å². The molecule has 16 heavy (non-hydrogen) atoms. The summed E-state index contributed by atoms with van der Waals surface area (Å²) < 4.78 is 5.46. The van der Waals surface area contributed by atoms with E-state index in [9.17, 15) is 0 Å². The molecule has 2 nitrogen and oxygen atoms in total. The fourth-order valence-corrected chi connectivity index (χ4v) is 1.86. The van der Waals surface area contributed by atoms with Crippen molar-refractivity contribution in [3.8, 4) is 0 Å². The Labute approximate surface area is 100 Å². The lowest BCUT2D eigenvalue weighted by atomic mass is 10.2. The van der Waals surface area contributed by atoms with E-state index >= 15 is 0 Å². The Morgan fingerprint density at radius 3 is 2.62 bits per heavy atom. The summed E-state index contributed by atoms with van der Waals surface area (Å²) >= 11 is 6.05. The number of halogens is 1. The summed E-state index contributed by atoms with van der Waals surface area (Å²) in [5.74, 6) is 1.89. The summed E-state index contributed by atoms with van der Waals surface area (Å²) in [6.07, 6.45) is 0. The smallest absolute Gasteiger partial charge is 0.106 e. The molecule has 1 aromatic carbocycles. The van der Waals surface area contributed by atoms with Crippen LogP contribution in [0.4, 0.5) is 5.69 Å². The zero-order valence-corrected chi connectivity index (χ0v) is 10.1. The van der Waals surface area contributed by atoms with Gasteiger partial charge < -0.3 is 9.73 Å². The number of rotatable bonds is 3. The van der Waals surface area contributed by atoms with Crippen molar-refractivity contribution >= 4 is 17.3 Å². The molecule has 3 heteroatoms. The monoisotopic (exact) mass is 235 g/mol. The van der Waals surface area contributed by atoms with Crippen LogP contribution in [0.15, 0.2) is 34.7 Å². The molecular weight excluding hydrogens is 222 g/mol. The second kappa shape index (κ2) is 4.62. The van der Waals surface area contributed by atoms with E-state index in [1.165, 1.54) is 0 Å². The molecule has 0 fully saturated rings. The van der Waals surface area contributed by atoms with Gasteiger partial charge in [-0.05, 0) is 32.0 Å². The summed E-state index contributed by atoms with van der Waals surface area (Å²) in [4.78, 5) is 0. The number of benzene rings is 1. The molecule has 1 N–H and O–H groups in total. The first kappa shape index (κ1) is 11.1. The molecule has 0 aliphatic carbocycles. The summed E-state index contributed by atoms with van der Waals surface area (Å²) in [6, 6.07) is 9.75. The molecule has 0 radical (unpaired) electrons. The fourth-order valence-electron chi connectivity index (χ4n) is 1.65. The van der Waals surface area contributed by atoms with Crippen molar-refractivity contribution in [2.75, 3.05) is 5.32 Å². The second-order valence-corrected chi connectivity index (χ2v) is 4.18. The van der Waals surface area contributed by atoms with Gasteiger partial charge in [-0.25, -0.2) is 0 Å².